The first-order valence-corrected chi connectivity index (χ1v) is 8.69. The molecule has 130 valence electrons. The van der Waals surface area contributed by atoms with Crippen LogP contribution in [0.4, 0.5) is 0 Å². The van der Waals surface area contributed by atoms with Gasteiger partial charge in [0.25, 0.3) is 0 Å². The zero-order chi connectivity index (χ0) is 17.1. The molecule has 0 saturated carbocycles. The molecule has 1 aromatic carbocycles. The zero-order valence-corrected chi connectivity index (χ0v) is 13.9. The van der Waals surface area contributed by atoms with Crippen LogP contribution in [-0.4, -0.2) is 30.1 Å². The van der Waals surface area contributed by atoms with Crippen LogP contribution in [0.5, 0.6) is 5.75 Å². The van der Waals surface area contributed by atoms with Gasteiger partial charge in [-0.2, -0.15) is 0 Å². The van der Waals surface area contributed by atoms with Gasteiger partial charge in [-0.25, -0.2) is 10.9 Å². The van der Waals surface area contributed by atoms with Gasteiger partial charge in [0.1, 0.15) is 11.8 Å². The molecule has 0 radical (unpaired) electrons. The quantitative estimate of drug-likeness (QED) is 0.785. The van der Waals surface area contributed by atoms with E-state index in [0.29, 0.717) is 19.1 Å². The van der Waals surface area contributed by atoms with Gasteiger partial charge in [0.05, 0.1) is 6.61 Å². The second-order valence-electron chi connectivity index (χ2n) is 6.64. The molecule has 1 aromatic heterocycles. The van der Waals surface area contributed by atoms with Gasteiger partial charge in [0, 0.05) is 30.9 Å². The third-order valence-corrected chi connectivity index (χ3v) is 4.85. The van der Waals surface area contributed by atoms with Crippen molar-refractivity contribution in [3.05, 3.63) is 59.9 Å². The molecular weight excluding hydrogens is 316 g/mol. The van der Waals surface area contributed by atoms with Crippen LogP contribution >= 0.6 is 0 Å². The lowest BCUT2D eigenvalue weighted by Gasteiger charge is -2.25. The highest BCUT2D eigenvalue weighted by Gasteiger charge is 2.30. The summed E-state index contributed by atoms with van der Waals surface area (Å²) >= 11 is 0. The molecule has 3 unspecified atom stereocenters. The summed E-state index contributed by atoms with van der Waals surface area (Å²) in [7, 11) is 0. The minimum atomic E-state index is -0.227. The van der Waals surface area contributed by atoms with Gasteiger partial charge < -0.3 is 10.1 Å². The van der Waals surface area contributed by atoms with Crippen molar-refractivity contribution in [3.63, 3.8) is 0 Å². The van der Waals surface area contributed by atoms with Crippen molar-refractivity contribution in [2.75, 3.05) is 13.2 Å². The molecular formula is C19H22N4O2. The Bertz CT molecular complexity index is 737. The molecule has 1 fully saturated rings. The van der Waals surface area contributed by atoms with E-state index in [4.69, 9.17) is 4.74 Å². The van der Waals surface area contributed by atoms with E-state index in [1.54, 1.807) is 12.4 Å². The predicted molar refractivity (Wildman–Crippen MR) is 93.8 cm³/mol. The van der Waals surface area contributed by atoms with E-state index in [9.17, 15) is 4.79 Å². The number of hydrogen-bond acceptors (Lipinski definition) is 5. The molecule has 3 atom stereocenters. The fraction of sp³-hybridized carbons (Fsp3) is 0.368. The van der Waals surface area contributed by atoms with Gasteiger partial charge in [-0.05, 0) is 42.2 Å². The molecule has 6 heteroatoms. The van der Waals surface area contributed by atoms with Crippen LogP contribution in [0, 0.1) is 5.92 Å². The van der Waals surface area contributed by atoms with Crippen molar-refractivity contribution in [1.82, 2.24) is 21.2 Å². The van der Waals surface area contributed by atoms with Gasteiger partial charge in [-0.15, -0.1) is 0 Å². The minimum Gasteiger partial charge on any atom is -0.493 e. The van der Waals surface area contributed by atoms with Gasteiger partial charge >= 0.3 is 0 Å². The van der Waals surface area contributed by atoms with Crippen LogP contribution in [0.2, 0.25) is 0 Å². The Morgan fingerprint density at radius 3 is 2.92 bits per heavy atom. The number of hydrazine groups is 1. The van der Waals surface area contributed by atoms with Crippen LogP contribution in [0.25, 0.3) is 0 Å². The number of benzene rings is 1. The molecule has 2 aliphatic heterocycles. The first kappa shape index (κ1) is 16.1. The summed E-state index contributed by atoms with van der Waals surface area (Å²) < 4.78 is 5.78. The Kier molecular flexibility index (Phi) is 4.63. The SMILES string of the molecule is O=C(NCC1COc2ccccc2C1)C1CC(c2ccncc2)NN1. The number of carbonyl (C=O) groups excluding carboxylic acids is 1. The maximum Gasteiger partial charge on any atom is 0.238 e. The maximum absolute atomic E-state index is 12.4. The standard InChI is InChI=1S/C19H22N4O2/c24-19(17-10-16(22-23-17)14-5-7-20-8-6-14)21-11-13-9-15-3-1-2-4-18(15)25-12-13/h1-8,13,16-17,22-23H,9-12H2,(H,21,24). The number of para-hydroxylation sites is 1. The van der Waals surface area contributed by atoms with E-state index in [1.807, 2.05) is 30.3 Å². The predicted octanol–water partition coefficient (Wildman–Crippen LogP) is 1.36. The smallest absolute Gasteiger partial charge is 0.238 e. The number of fused-ring (bicyclic) bond motifs is 1. The third kappa shape index (κ3) is 3.65. The first-order valence-electron chi connectivity index (χ1n) is 8.69. The molecule has 4 rings (SSSR count). The summed E-state index contributed by atoms with van der Waals surface area (Å²) in [5.74, 6) is 1.30. The number of aromatic nitrogens is 1. The number of nitrogens with one attached hydrogen (secondary N) is 3. The topological polar surface area (TPSA) is 75.3 Å². The molecule has 2 aromatic rings. The minimum absolute atomic E-state index is 0.0305. The van der Waals surface area contributed by atoms with E-state index in [1.165, 1.54) is 5.56 Å². The Balaban J connectivity index is 1.27. The summed E-state index contributed by atoms with van der Waals surface area (Å²) in [5.41, 5.74) is 8.63. The van der Waals surface area contributed by atoms with E-state index >= 15 is 0 Å². The summed E-state index contributed by atoms with van der Waals surface area (Å²) in [6.07, 6.45) is 5.20. The van der Waals surface area contributed by atoms with E-state index in [2.05, 4.69) is 27.2 Å². The van der Waals surface area contributed by atoms with Gasteiger partial charge in [0.2, 0.25) is 5.91 Å². The Morgan fingerprint density at radius 2 is 2.04 bits per heavy atom. The number of hydrogen-bond donors (Lipinski definition) is 3. The maximum atomic E-state index is 12.4. The highest BCUT2D eigenvalue weighted by molar-refractivity contribution is 5.82. The van der Waals surface area contributed by atoms with Crippen LogP contribution in [0.1, 0.15) is 23.6 Å². The lowest BCUT2D eigenvalue weighted by Crippen LogP contribution is -2.45. The van der Waals surface area contributed by atoms with Crippen LogP contribution in [0.15, 0.2) is 48.8 Å². The Labute approximate surface area is 147 Å². The monoisotopic (exact) mass is 338 g/mol. The fourth-order valence-electron chi connectivity index (χ4n) is 3.43. The zero-order valence-electron chi connectivity index (χ0n) is 13.9. The van der Waals surface area contributed by atoms with E-state index in [0.717, 1.165) is 24.2 Å². The number of carbonyl (C=O) groups is 1. The summed E-state index contributed by atoms with van der Waals surface area (Å²) in [5, 5.41) is 3.06. The summed E-state index contributed by atoms with van der Waals surface area (Å²) in [6, 6.07) is 11.9. The lowest BCUT2D eigenvalue weighted by molar-refractivity contribution is -0.123. The van der Waals surface area contributed by atoms with Crippen molar-refractivity contribution in [1.29, 1.82) is 0 Å². The molecule has 6 nitrogen and oxygen atoms in total. The van der Waals surface area contributed by atoms with Gasteiger partial charge in [-0.1, -0.05) is 18.2 Å². The lowest BCUT2D eigenvalue weighted by atomic mass is 9.96. The van der Waals surface area contributed by atoms with Gasteiger partial charge in [0.15, 0.2) is 0 Å². The highest BCUT2D eigenvalue weighted by Crippen LogP contribution is 2.26. The average Bonchev–Trinajstić information content (AvgIpc) is 3.17. The normalized spacial score (nSPS) is 25.0. The van der Waals surface area contributed by atoms with Crippen LogP contribution in [0.3, 0.4) is 0 Å². The number of amides is 1. The summed E-state index contributed by atoms with van der Waals surface area (Å²) in [4.78, 5) is 16.5. The average molecular weight is 338 g/mol. The van der Waals surface area contributed by atoms with Crippen molar-refractivity contribution in [3.8, 4) is 5.75 Å². The molecule has 1 amide bonds. The van der Waals surface area contributed by atoms with E-state index in [-0.39, 0.29) is 18.0 Å². The summed E-state index contributed by atoms with van der Waals surface area (Å²) in [6.45, 7) is 1.28. The Hall–Kier alpha value is -2.44. The van der Waals surface area contributed by atoms with Gasteiger partial charge in [-0.3, -0.25) is 9.78 Å². The molecule has 2 aliphatic rings. The molecule has 3 N–H and O–H groups in total. The van der Waals surface area contributed by atoms with Crippen LogP contribution in [-0.2, 0) is 11.2 Å². The largest absolute Gasteiger partial charge is 0.493 e. The first-order chi connectivity index (χ1) is 12.3. The number of ether oxygens (including phenoxy) is 1. The Morgan fingerprint density at radius 1 is 1.20 bits per heavy atom. The van der Waals surface area contributed by atoms with Crippen LogP contribution < -0.4 is 20.9 Å². The fourth-order valence-corrected chi connectivity index (χ4v) is 3.43. The highest BCUT2D eigenvalue weighted by atomic mass is 16.5. The third-order valence-electron chi connectivity index (χ3n) is 4.85. The van der Waals surface area contributed by atoms with E-state index < -0.39 is 0 Å². The molecule has 0 spiro atoms. The van der Waals surface area contributed by atoms with Crippen molar-refractivity contribution >= 4 is 5.91 Å². The number of pyridine rings is 1. The number of nitrogens with zero attached hydrogens (tertiary/aromatic N) is 1. The molecule has 0 bridgehead atoms. The van der Waals surface area contributed by atoms with Crippen molar-refractivity contribution in [2.45, 2.75) is 24.9 Å². The van der Waals surface area contributed by atoms with Crippen molar-refractivity contribution < 1.29 is 9.53 Å². The second-order valence-corrected chi connectivity index (χ2v) is 6.64. The molecule has 0 aliphatic carbocycles. The molecule has 25 heavy (non-hydrogen) atoms. The molecule has 1 saturated heterocycles. The van der Waals surface area contributed by atoms with Crippen molar-refractivity contribution in [2.24, 2.45) is 5.92 Å². The molecule has 3 heterocycles. The number of rotatable bonds is 4. The second kappa shape index (κ2) is 7.21.